The van der Waals surface area contributed by atoms with Crippen molar-refractivity contribution >= 4 is 55.9 Å². The van der Waals surface area contributed by atoms with Crippen molar-refractivity contribution in [2.24, 2.45) is 5.73 Å². The molecule has 12 heteroatoms. The number of methoxy groups -OCH3 is 1. The van der Waals surface area contributed by atoms with E-state index in [0.717, 1.165) is 12.8 Å². The number of hydrogen-bond donors (Lipinski definition) is 3. The maximum atomic E-state index is 13.8. The fourth-order valence-electron chi connectivity index (χ4n) is 4.20. The van der Waals surface area contributed by atoms with Crippen molar-refractivity contribution < 1.29 is 22.7 Å². The van der Waals surface area contributed by atoms with Crippen LogP contribution in [0, 0.1) is 0 Å². The second-order valence-corrected chi connectivity index (χ2v) is 11.3. The summed E-state index contributed by atoms with van der Waals surface area (Å²) in [6, 6.07) is 16.5. The maximum Gasteiger partial charge on any atom is 0.263 e. The number of carbonyl (C=O) groups is 1. The van der Waals surface area contributed by atoms with Gasteiger partial charge in [0, 0.05) is 24.8 Å². The second-order valence-electron chi connectivity index (χ2n) is 9.20. The highest BCUT2D eigenvalue weighted by atomic mass is 35.5. The van der Waals surface area contributed by atoms with Gasteiger partial charge in [-0.3, -0.25) is 9.52 Å². The molecule has 0 saturated heterocycles. The number of hydrogen-bond acceptors (Lipinski definition) is 8. The number of unbranched alkanes of at least 4 members (excludes halogenated alkanes) is 1. The zero-order chi connectivity index (χ0) is 29.4. The molecule has 0 aliphatic rings. The Kier molecular flexibility index (Phi) is 9.98. The summed E-state index contributed by atoms with van der Waals surface area (Å²) in [6.45, 7) is 3.11. The SMILES string of the molecule is CCCCOCCCc1c(C(N)=O)cccc1S(=O)(=O)Nc1nc2ccccc2nc1Nc1cc(OC)ccc1Cl. The number of benzene rings is 3. The third kappa shape index (κ3) is 7.43. The first-order valence-electron chi connectivity index (χ1n) is 13.1. The van der Waals surface area contributed by atoms with Gasteiger partial charge < -0.3 is 20.5 Å². The molecular formula is C29H32ClN5O5S. The fourth-order valence-corrected chi connectivity index (χ4v) is 5.67. The third-order valence-electron chi connectivity index (χ3n) is 6.27. The Hall–Kier alpha value is -3.93. The number of halogens is 1. The highest BCUT2D eigenvalue weighted by molar-refractivity contribution is 7.92. The summed E-state index contributed by atoms with van der Waals surface area (Å²) >= 11 is 6.40. The first-order valence-corrected chi connectivity index (χ1v) is 15.0. The van der Waals surface area contributed by atoms with E-state index >= 15 is 0 Å². The Bertz CT molecular complexity index is 1650. The molecule has 0 unspecified atom stereocenters. The molecule has 0 spiro atoms. The molecule has 4 rings (SSSR count). The number of amides is 1. The normalized spacial score (nSPS) is 11.4. The van der Waals surface area contributed by atoms with E-state index in [1.165, 1.54) is 25.3 Å². The van der Waals surface area contributed by atoms with Crippen LogP contribution in [0.5, 0.6) is 5.75 Å². The van der Waals surface area contributed by atoms with Gasteiger partial charge in [0.1, 0.15) is 5.75 Å². The first kappa shape index (κ1) is 30.0. The van der Waals surface area contributed by atoms with E-state index in [4.69, 9.17) is 26.8 Å². The topological polar surface area (TPSA) is 146 Å². The average molecular weight is 598 g/mol. The van der Waals surface area contributed by atoms with Gasteiger partial charge in [-0.25, -0.2) is 18.4 Å². The van der Waals surface area contributed by atoms with Crippen molar-refractivity contribution in [3.8, 4) is 5.75 Å². The summed E-state index contributed by atoms with van der Waals surface area (Å²) in [5, 5.41) is 3.45. The number of fused-ring (bicyclic) bond motifs is 1. The van der Waals surface area contributed by atoms with Gasteiger partial charge >= 0.3 is 0 Å². The molecule has 216 valence electrons. The number of nitrogens with one attached hydrogen (secondary N) is 2. The molecule has 3 aromatic carbocycles. The van der Waals surface area contributed by atoms with Gasteiger partial charge in [0.2, 0.25) is 5.91 Å². The Labute approximate surface area is 244 Å². The van der Waals surface area contributed by atoms with Gasteiger partial charge in [0.15, 0.2) is 11.6 Å². The zero-order valence-corrected chi connectivity index (χ0v) is 24.4. The summed E-state index contributed by atoms with van der Waals surface area (Å²) in [7, 11) is -2.73. The van der Waals surface area contributed by atoms with Crippen molar-refractivity contribution in [3.63, 3.8) is 0 Å². The Balaban J connectivity index is 1.72. The lowest BCUT2D eigenvalue weighted by molar-refractivity contribution is 0.0998. The van der Waals surface area contributed by atoms with Crippen molar-refractivity contribution in [3.05, 3.63) is 76.8 Å². The van der Waals surface area contributed by atoms with Crippen LogP contribution in [0.15, 0.2) is 65.6 Å². The van der Waals surface area contributed by atoms with Gasteiger partial charge in [-0.15, -0.1) is 0 Å². The lowest BCUT2D eigenvalue weighted by Gasteiger charge is -2.17. The highest BCUT2D eigenvalue weighted by Crippen LogP contribution is 2.33. The van der Waals surface area contributed by atoms with Gasteiger partial charge in [-0.2, -0.15) is 0 Å². The molecule has 4 N–H and O–H groups in total. The van der Waals surface area contributed by atoms with Crippen LogP contribution in [0.2, 0.25) is 5.02 Å². The molecule has 0 radical (unpaired) electrons. The molecule has 4 aromatic rings. The maximum absolute atomic E-state index is 13.8. The Morgan fingerprint density at radius 2 is 1.68 bits per heavy atom. The number of primary amides is 1. The minimum absolute atomic E-state index is 0.0547. The van der Waals surface area contributed by atoms with Gasteiger partial charge in [-0.05, 0) is 61.2 Å². The van der Waals surface area contributed by atoms with Crippen LogP contribution in [0.3, 0.4) is 0 Å². The molecule has 1 aromatic heterocycles. The number of nitrogens with two attached hydrogens (primary N) is 1. The number of rotatable bonds is 14. The number of aromatic nitrogens is 2. The van der Waals surface area contributed by atoms with Gasteiger partial charge in [-0.1, -0.05) is 43.1 Å². The predicted octanol–water partition coefficient (Wildman–Crippen LogP) is 5.68. The second kappa shape index (κ2) is 13.6. The van der Waals surface area contributed by atoms with Crippen molar-refractivity contribution in [1.82, 2.24) is 9.97 Å². The monoisotopic (exact) mass is 597 g/mol. The van der Waals surface area contributed by atoms with E-state index in [9.17, 15) is 13.2 Å². The first-order chi connectivity index (χ1) is 19.7. The molecule has 10 nitrogen and oxygen atoms in total. The Morgan fingerprint density at radius 1 is 0.976 bits per heavy atom. The average Bonchev–Trinajstić information content (AvgIpc) is 2.96. The van der Waals surface area contributed by atoms with Gasteiger partial charge in [0.25, 0.3) is 10.0 Å². The smallest absolute Gasteiger partial charge is 0.263 e. The van der Waals surface area contributed by atoms with Crippen molar-refractivity contribution in [1.29, 1.82) is 0 Å². The summed E-state index contributed by atoms with van der Waals surface area (Å²) in [5.41, 5.74) is 7.52. The minimum Gasteiger partial charge on any atom is -0.497 e. The van der Waals surface area contributed by atoms with Gasteiger partial charge in [0.05, 0.1) is 33.7 Å². The van der Waals surface area contributed by atoms with E-state index in [1.54, 1.807) is 42.5 Å². The molecule has 0 aliphatic carbocycles. The number of nitrogens with zero attached hydrogens (tertiary/aromatic N) is 2. The van der Waals surface area contributed by atoms with Crippen LogP contribution in [0.4, 0.5) is 17.3 Å². The highest BCUT2D eigenvalue weighted by Gasteiger charge is 2.25. The predicted molar refractivity (Wildman–Crippen MR) is 161 cm³/mol. The lowest BCUT2D eigenvalue weighted by atomic mass is 10.0. The van der Waals surface area contributed by atoms with Crippen LogP contribution < -0.4 is 20.5 Å². The van der Waals surface area contributed by atoms with Crippen molar-refractivity contribution in [2.75, 3.05) is 30.4 Å². The number of ether oxygens (including phenoxy) is 2. The summed E-state index contributed by atoms with van der Waals surface area (Å²) in [4.78, 5) is 21.3. The standard InChI is InChI=1S/C29H32ClN5O5S/c1-3-4-16-40-17-8-10-20-21(27(31)36)9-7-13-26(20)41(37,38)35-29-28(32-23-11-5-6-12-24(23)33-29)34-25-18-19(39-2)14-15-22(25)30/h5-7,9,11-15,18H,3-4,8,10,16-17H2,1-2H3,(H2,31,36)(H,32,34)(H,33,35). The largest absolute Gasteiger partial charge is 0.497 e. The number of carbonyl (C=O) groups excluding carboxylic acids is 1. The van der Waals surface area contributed by atoms with Crippen LogP contribution >= 0.6 is 11.6 Å². The van der Waals surface area contributed by atoms with Crippen LogP contribution in [0.1, 0.15) is 42.1 Å². The molecular weight excluding hydrogens is 566 g/mol. The number of sulfonamides is 1. The van der Waals surface area contributed by atoms with E-state index < -0.39 is 15.9 Å². The molecule has 0 bridgehead atoms. The van der Waals surface area contributed by atoms with Crippen molar-refractivity contribution in [2.45, 2.75) is 37.5 Å². The van der Waals surface area contributed by atoms with E-state index in [1.807, 2.05) is 0 Å². The quantitative estimate of drug-likeness (QED) is 0.157. The third-order valence-corrected chi connectivity index (χ3v) is 8.03. The van der Waals surface area contributed by atoms with E-state index in [-0.39, 0.29) is 28.5 Å². The molecule has 41 heavy (non-hydrogen) atoms. The number of anilines is 3. The number of para-hydroxylation sites is 2. The van der Waals surface area contributed by atoms with E-state index in [2.05, 4.69) is 26.9 Å². The summed E-state index contributed by atoms with van der Waals surface area (Å²) < 4.78 is 41.2. The molecule has 0 fully saturated rings. The molecule has 0 saturated carbocycles. The summed E-state index contributed by atoms with van der Waals surface area (Å²) in [5.74, 6) is -0.107. The fraction of sp³-hybridized carbons (Fsp3) is 0.276. The zero-order valence-electron chi connectivity index (χ0n) is 22.8. The van der Waals surface area contributed by atoms with Crippen LogP contribution in [-0.2, 0) is 21.2 Å². The molecule has 1 heterocycles. The lowest BCUT2D eigenvalue weighted by Crippen LogP contribution is -2.21. The Morgan fingerprint density at radius 3 is 2.37 bits per heavy atom. The van der Waals surface area contributed by atoms with Crippen LogP contribution in [-0.4, -0.2) is 44.6 Å². The molecule has 0 aliphatic heterocycles. The van der Waals surface area contributed by atoms with E-state index in [0.29, 0.717) is 52.7 Å². The minimum atomic E-state index is -4.26. The molecule has 1 amide bonds. The van der Waals surface area contributed by atoms with Crippen LogP contribution in [0.25, 0.3) is 11.0 Å². The summed E-state index contributed by atoms with van der Waals surface area (Å²) in [6.07, 6.45) is 2.73. The molecule has 0 atom stereocenters.